The average molecular weight is 400 g/mol. The number of nitrogens with zero attached hydrogens (tertiary/aromatic N) is 2. The van der Waals surface area contributed by atoms with Gasteiger partial charge in [-0.05, 0) is 52.7 Å². The van der Waals surface area contributed by atoms with Crippen molar-refractivity contribution in [3.05, 3.63) is 108 Å². The molecule has 0 unspecified atom stereocenters. The van der Waals surface area contributed by atoms with Gasteiger partial charge in [-0.15, -0.1) is 0 Å². The predicted molar refractivity (Wildman–Crippen MR) is 115 cm³/mol. The molecule has 1 aromatic heterocycles. The first kappa shape index (κ1) is 19.6. The van der Waals surface area contributed by atoms with E-state index in [2.05, 4.69) is 4.98 Å². The molecule has 0 spiro atoms. The fraction of sp³-hybridized carbons (Fsp3) is 0.120. The molecule has 0 aliphatic rings. The van der Waals surface area contributed by atoms with Crippen molar-refractivity contribution in [3.63, 3.8) is 0 Å². The monoisotopic (exact) mass is 400 g/mol. The molecule has 0 radical (unpaired) electrons. The molecule has 1 amide bonds. The normalized spacial score (nSPS) is 11.8. The van der Waals surface area contributed by atoms with Crippen LogP contribution in [0.25, 0.3) is 10.8 Å². The minimum absolute atomic E-state index is 0.131. The number of hydrogen-bond acceptors (Lipinski definition) is 3. The van der Waals surface area contributed by atoms with E-state index in [4.69, 9.17) is 4.74 Å². The van der Waals surface area contributed by atoms with Crippen LogP contribution in [0.4, 0.5) is 4.39 Å². The topological polar surface area (TPSA) is 42.4 Å². The lowest BCUT2D eigenvalue weighted by molar-refractivity contribution is -0.133. The highest BCUT2D eigenvalue weighted by Crippen LogP contribution is 2.27. The number of aromatic nitrogens is 1. The minimum atomic E-state index is -0.519. The van der Waals surface area contributed by atoms with Crippen molar-refractivity contribution in [2.24, 2.45) is 0 Å². The molecule has 4 nitrogen and oxygen atoms in total. The van der Waals surface area contributed by atoms with Gasteiger partial charge in [0, 0.05) is 13.2 Å². The summed E-state index contributed by atoms with van der Waals surface area (Å²) in [6.07, 6.45) is 1.66. The summed E-state index contributed by atoms with van der Waals surface area (Å²) >= 11 is 0. The maximum Gasteiger partial charge on any atom is 0.261 e. The average Bonchev–Trinajstić information content (AvgIpc) is 2.78. The first-order chi connectivity index (χ1) is 14.6. The molecule has 1 atom stereocenters. The van der Waals surface area contributed by atoms with Crippen molar-refractivity contribution in [2.45, 2.75) is 6.04 Å². The lowest BCUT2D eigenvalue weighted by Crippen LogP contribution is -2.35. The third kappa shape index (κ3) is 4.30. The summed E-state index contributed by atoms with van der Waals surface area (Å²) in [5.74, 6) is 0.0281. The largest absolute Gasteiger partial charge is 0.484 e. The predicted octanol–water partition coefficient (Wildman–Crippen LogP) is 5.00. The standard InChI is InChI=1S/C25H21FN2O2/c1-28(24(29)17-30-22-13-12-18-7-2-3-8-19(18)16-22)25(23-11-4-5-14-27-23)20-9-6-10-21(26)15-20/h2-16,25H,17H2,1H3/t25-/m1/s1. The fourth-order valence-electron chi connectivity index (χ4n) is 3.46. The molecule has 4 aromatic rings. The molecule has 4 rings (SSSR count). The van der Waals surface area contributed by atoms with E-state index in [0.29, 0.717) is 17.0 Å². The molecule has 5 heteroatoms. The van der Waals surface area contributed by atoms with E-state index in [-0.39, 0.29) is 18.3 Å². The molecule has 3 aromatic carbocycles. The maximum atomic E-state index is 13.9. The Labute approximate surface area is 174 Å². The second kappa shape index (κ2) is 8.74. The minimum Gasteiger partial charge on any atom is -0.484 e. The van der Waals surface area contributed by atoms with Gasteiger partial charge in [-0.25, -0.2) is 4.39 Å². The van der Waals surface area contributed by atoms with Crippen LogP contribution in [-0.4, -0.2) is 29.4 Å². The van der Waals surface area contributed by atoms with Crippen molar-refractivity contribution in [3.8, 4) is 5.75 Å². The maximum absolute atomic E-state index is 13.9. The summed E-state index contributed by atoms with van der Waals surface area (Å²) in [6, 6.07) is 24.8. The number of hydrogen-bond donors (Lipinski definition) is 0. The molecule has 0 saturated heterocycles. The van der Waals surface area contributed by atoms with Crippen molar-refractivity contribution in [1.29, 1.82) is 0 Å². The summed E-state index contributed by atoms with van der Waals surface area (Å²) in [4.78, 5) is 18.9. The number of amides is 1. The molecule has 0 fully saturated rings. The molecule has 150 valence electrons. The zero-order valence-electron chi connectivity index (χ0n) is 16.5. The number of benzene rings is 3. The van der Waals surface area contributed by atoms with Gasteiger partial charge >= 0.3 is 0 Å². The van der Waals surface area contributed by atoms with E-state index >= 15 is 0 Å². The first-order valence-electron chi connectivity index (χ1n) is 9.65. The number of rotatable bonds is 6. The Kier molecular flexibility index (Phi) is 5.70. The highest BCUT2D eigenvalue weighted by Gasteiger charge is 2.25. The van der Waals surface area contributed by atoms with Crippen molar-refractivity contribution < 1.29 is 13.9 Å². The molecule has 0 N–H and O–H groups in total. The smallest absolute Gasteiger partial charge is 0.261 e. The quantitative estimate of drug-likeness (QED) is 0.457. The zero-order valence-corrected chi connectivity index (χ0v) is 16.5. The van der Waals surface area contributed by atoms with Gasteiger partial charge in [-0.1, -0.05) is 48.5 Å². The van der Waals surface area contributed by atoms with E-state index < -0.39 is 6.04 Å². The number of pyridine rings is 1. The van der Waals surface area contributed by atoms with Gasteiger partial charge in [0.15, 0.2) is 6.61 Å². The van der Waals surface area contributed by atoms with Crippen LogP contribution in [0.15, 0.2) is 91.1 Å². The molecular formula is C25H21FN2O2. The summed E-state index contributed by atoms with van der Waals surface area (Å²) in [5, 5.41) is 2.15. The second-order valence-corrected chi connectivity index (χ2v) is 7.01. The molecule has 0 aliphatic heterocycles. The van der Waals surface area contributed by atoms with Gasteiger partial charge in [0.05, 0.1) is 11.7 Å². The zero-order chi connectivity index (χ0) is 20.9. The first-order valence-corrected chi connectivity index (χ1v) is 9.65. The summed E-state index contributed by atoms with van der Waals surface area (Å²) in [7, 11) is 1.68. The van der Waals surface area contributed by atoms with E-state index in [1.807, 2.05) is 54.6 Å². The fourth-order valence-corrected chi connectivity index (χ4v) is 3.46. The van der Waals surface area contributed by atoms with Crippen LogP contribution < -0.4 is 4.74 Å². The Morgan fingerprint density at radius 2 is 1.77 bits per heavy atom. The van der Waals surface area contributed by atoms with Gasteiger partial charge < -0.3 is 9.64 Å². The van der Waals surface area contributed by atoms with Crippen LogP contribution in [0.3, 0.4) is 0 Å². The van der Waals surface area contributed by atoms with E-state index in [9.17, 15) is 9.18 Å². The van der Waals surface area contributed by atoms with Crippen molar-refractivity contribution >= 4 is 16.7 Å². The van der Waals surface area contributed by atoms with Gasteiger partial charge in [-0.2, -0.15) is 0 Å². The van der Waals surface area contributed by atoms with Crippen LogP contribution >= 0.6 is 0 Å². The molecule has 30 heavy (non-hydrogen) atoms. The van der Waals surface area contributed by atoms with Gasteiger partial charge in [-0.3, -0.25) is 9.78 Å². The third-order valence-electron chi connectivity index (χ3n) is 5.00. The lowest BCUT2D eigenvalue weighted by Gasteiger charge is -2.28. The second-order valence-electron chi connectivity index (χ2n) is 7.01. The summed E-state index contributed by atoms with van der Waals surface area (Å²) < 4.78 is 19.6. The summed E-state index contributed by atoms with van der Waals surface area (Å²) in [6.45, 7) is -0.131. The van der Waals surface area contributed by atoms with Gasteiger partial charge in [0.2, 0.25) is 0 Å². The SMILES string of the molecule is CN(C(=O)COc1ccc2ccccc2c1)[C@H](c1cccc(F)c1)c1ccccn1. The Hall–Kier alpha value is -3.73. The Morgan fingerprint density at radius 1 is 0.967 bits per heavy atom. The molecule has 1 heterocycles. The van der Waals surface area contributed by atoms with E-state index in [1.54, 1.807) is 31.4 Å². The van der Waals surface area contributed by atoms with Crippen LogP contribution in [0.1, 0.15) is 17.3 Å². The van der Waals surface area contributed by atoms with Gasteiger partial charge in [0.1, 0.15) is 11.6 Å². The molecular weight excluding hydrogens is 379 g/mol. The van der Waals surface area contributed by atoms with Crippen LogP contribution in [0, 0.1) is 5.82 Å². The number of halogens is 1. The Morgan fingerprint density at radius 3 is 2.53 bits per heavy atom. The number of ether oxygens (including phenoxy) is 1. The molecule has 0 aliphatic carbocycles. The number of likely N-dealkylation sites (N-methyl/N-ethyl adjacent to an activating group) is 1. The lowest BCUT2D eigenvalue weighted by atomic mass is 10.0. The summed E-state index contributed by atoms with van der Waals surface area (Å²) in [5.41, 5.74) is 1.31. The Balaban J connectivity index is 1.54. The van der Waals surface area contributed by atoms with Crippen molar-refractivity contribution in [1.82, 2.24) is 9.88 Å². The van der Waals surface area contributed by atoms with Crippen LogP contribution in [0.2, 0.25) is 0 Å². The third-order valence-corrected chi connectivity index (χ3v) is 5.00. The van der Waals surface area contributed by atoms with Crippen molar-refractivity contribution in [2.75, 3.05) is 13.7 Å². The van der Waals surface area contributed by atoms with E-state index in [0.717, 1.165) is 10.8 Å². The highest BCUT2D eigenvalue weighted by molar-refractivity contribution is 5.84. The van der Waals surface area contributed by atoms with Crippen LogP contribution in [-0.2, 0) is 4.79 Å². The number of carbonyl (C=O) groups is 1. The molecule has 0 bridgehead atoms. The van der Waals surface area contributed by atoms with Gasteiger partial charge in [0.25, 0.3) is 5.91 Å². The van der Waals surface area contributed by atoms with Crippen LogP contribution in [0.5, 0.6) is 5.75 Å². The molecule has 0 saturated carbocycles. The number of carbonyl (C=O) groups excluding carboxylic acids is 1. The van der Waals surface area contributed by atoms with E-state index in [1.165, 1.54) is 17.0 Å². The Bertz CT molecular complexity index is 1160. The number of fused-ring (bicyclic) bond motifs is 1. The highest BCUT2D eigenvalue weighted by atomic mass is 19.1.